The van der Waals surface area contributed by atoms with Gasteiger partial charge in [0.25, 0.3) is 0 Å². The lowest BCUT2D eigenvalue weighted by atomic mass is 10.1. The zero-order valence-corrected chi connectivity index (χ0v) is 10.1. The SMILES string of the molecule is C/C(=C\c1ccc(N(C)C)c(C#N)c1)C(=O)O. The number of nitriles is 1. The Hall–Kier alpha value is -2.28. The second kappa shape index (κ2) is 5.17. The maximum Gasteiger partial charge on any atom is 0.331 e. The Kier molecular flexibility index (Phi) is 3.89. The molecule has 0 aliphatic carbocycles. The van der Waals surface area contributed by atoms with Crippen molar-refractivity contribution in [1.29, 1.82) is 5.26 Å². The number of anilines is 1. The number of hydrogen-bond acceptors (Lipinski definition) is 3. The van der Waals surface area contributed by atoms with E-state index in [1.807, 2.05) is 19.0 Å². The Labute approximate surface area is 100 Å². The molecule has 0 heterocycles. The highest BCUT2D eigenvalue weighted by Crippen LogP contribution is 2.20. The number of carbonyl (C=O) groups is 1. The van der Waals surface area contributed by atoms with E-state index in [9.17, 15) is 4.79 Å². The smallest absolute Gasteiger partial charge is 0.331 e. The highest BCUT2D eigenvalue weighted by atomic mass is 16.4. The number of carboxylic acids is 1. The van der Waals surface area contributed by atoms with Gasteiger partial charge in [-0.05, 0) is 30.7 Å². The van der Waals surface area contributed by atoms with Gasteiger partial charge in [-0.1, -0.05) is 6.07 Å². The van der Waals surface area contributed by atoms with Crippen LogP contribution in [-0.2, 0) is 4.79 Å². The summed E-state index contributed by atoms with van der Waals surface area (Å²) in [5.74, 6) is -0.958. The molecule has 0 aromatic heterocycles. The number of carboxylic acid groups (broad SMARTS) is 1. The standard InChI is InChI=1S/C13H14N2O2/c1-9(13(16)17)6-10-4-5-12(15(2)3)11(7-10)8-14/h4-7H,1-3H3,(H,16,17)/b9-6+. The van der Waals surface area contributed by atoms with Crippen LogP contribution < -0.4 is 4.90 Å². The molecule has 0 aliphatic heterocycles. The number of aliphatic carboxylic acids is 1. The van der Waals surface area contributed by atoms with E-state index in [1.165, 1.54) is 6.92 Å². The Balaban J connectivity index is 3.20. The molecule has 88 valence electrons. The van der Waals surface area contributed by atoms with Crippen LogP contribution in [0.15, 0.2) is 23.8 Å². The molecule has 0 atom stereocenters. The molecule has 1 aromatic rings. The lowest BCUT2D eigenvalue weighted by Gasteiger charge is -2.14. The number of benzene rings is 1. The van der Waals surface area contributed by atoms with Crippen molar-refractivity contribution in [2.45, 2.75) is 6.92 Å². The fraction of sp³-hybridized carbons (Fsp3) is 0.231. The summed E-state index contributed by atoms with van der Waals surface area (Å²) in [7, 11) is 3.71. The molecule has 1 rings (SSSR count). The van der Waals surface area contributed by atoms with Crippen molar-refractivity contribution in [3.63, 3.8) is 0 Å². The topological polar surface area (TPSA) is 64.3 Å². The van der Waals surface area contributed by atoms with Crippen molar-refractivity contribution in [2.75, 3.05) is 19.0 Å². The molecule has 4 heteroatoms. The van der Waals surface area contributed by atoms with Crippen LogP contribution in [0.1, 0.15) is 18.1 Å². The second-order valence-corrected chi connectivity index (χ2v) is 3.92. The minimum Gasteiger partial charge on any atom is -0.478 e. The van der Waals surface area contributed by atoms with E-state index in [0.717, 1.165) is 5.69 Å². The molecule has 1 N–H and O–H groups in total. The van der Waals surface area contributed by atoms with Crippen LogP contribution >= 0.6 is 0 Å². The first-order valence-corrected chi connectivity index (χ1v) is 5.08. The lowest BCUT2D eigenvalue weighted by Crippen LogP contribution is -2.10. The van der Waals surface area contributed by atoms with Crippen LogP contribution in [0.5, 0.6) is 0 Å². The molecule has 0 saturated heterocycles. The summed E-state index contributed by atoms with van der Waals surface area (Å²) in [5, 5.41) is 17.8. The van der Waals surface area contributed by atoms with Crippen molar-refractivity contribution in [2.24, 2.45) is 0 Å². The third-order valence-corrected chi connectivity index (χ3v) is 2.34. The van der Waals surface area contributed by atoms with Crippen LogP contribution in [0.2, 0.25) is 0 Å². The van der Waals surface area contributed by atoms with Crippen molar-refractivity contribution < 1.29 is 9.90 Å². The van der Waals surface area contributed by atoms with E-state index in [4.69, 9.17) is 10.4 Å². The van der Waals surface area contributed by atoms with Gasteiger partial charge in [0.15, 0.2) is 0 Å². The molecular weight excluding hydrogens is 216 g/mol. The fourth-order valence-electron chi connectivity index (χ4n) is 1.43. The normalized spacial score (nSPS) is 10.8. The second-order valence-electron chi connectivity index (χ2n) is 3.92. The van der Waals surface area contributed by atoms with E-state index >= 15 is 0 Å². The van der Waals surface area contributed by atoms with Gasteiger partial charge in [0.05, 0.1) is 11.3 Å². The van der Waals surface area contributed by atoms with Gasteiger partial charge in [-0.3, -0.25) is 0 Å². The molecular formula is C13H14N2O2. The van der Waals surface area contributed by atoms with Gasteiger partial charge in [0, 0.05) is 19.7 Å². The predicted octanol–water partition coefficient (Wildman–Crippen LogP) is 2.11. The summed E-state index contributed by atoms with van der Waals surface area (Å²) in [6, 6.07) is 7.38. The Bertz CT molecular complexity index is 511. The van der Waals surface area contributed by atoms with Crippen molar-refractivity contribution in [3.8, 4) is 6.07 Å². The molecule has 4 nitrogen and oxygen atoms in total. The predicted molar refractivity (Wildman–Crippen MR) is 66.8 cm³/mol. The molecule has 0 unspecified atom stereocenters. The summed E-state index contributed by atoms with van der Waals surface area (Å²) in [6.07, 6.45) is 1.54. The monoisotopic (exact) mass is 230 g/mol. The van der Waals surface area contributed by atoms with Gasteiger partial charge in [-0.25, -0.2) is 4.79 Å². The number of rotatable bonds is 3. The Morgan fingerprint density at radius 2 is 2.12 bits per heavy atom. The van der Waals surface area contributed by atoms with E-state index in [2.05, 4.69) is 6.07 Å². The van der Waals surface area contributed by atoms with Crippen molar-refractivity contribution in [3.05, 3.63) is 34.9 Å². The van der Waals surface area contributed by atoms with E-state index in [-0.39, 0.29) is 5.57 Å². The quantitative estimate of drug-likeness (QED) is 0.808. The molecule has 0 bridgehead atoms. The third kappa shape index (κ3) is 3.08. The van der Waals surface area contributed by atoms with E-state index in [0.29, 0.717) is 11.1 Å². The summed E-state index contributed by atoms with van der Waals surface area (Å²) >= 11 is 0. The van der Waals surface area contributed by atoms with Gasteiger partial charge >= 0.3 is 5.97 Å². The maximum absolute atomic E-state index is 10.7. The van der Waals surface area contributed by atoms with Crippen LogP contribution in [-0.4, -0.2) is 25.2 Å². The maximum atomic E-state index is 10.7. The van der Waals surface area contributed by atoms with Gasteiger partial charge in [-0.15, -0.1) is 0 Å². The Morgan fingerprint density at radius 3 is 2.59 bits per heavy atom. The number of nitrogens with zero attached hydrogens (tertiary/aromatic N) is 2. The first kappa shape index (κ1) is 12.8. The molecule has 0 amide bonds. The molecule has 0 saturated carbocycles. The molecule has 17 heavy (non-hydrogen) atoms. The molecule has 0 spiro atoms. The van der Waals surface area contributed by atoms with Gasteiger partial charge in [0.2, 0.25) is 0 Å². The van der Waals surface area contributed by atoms with E-state index in [1.54, 1.807) is 24.3 Å². The Morgan fingerprint density at radius 1 is 1.47 bits per heavy atom. The van der Waals surface area contributed by atoms with Crippen LogP contribution in [0, 0.1) is 11.3 Å². The van der Waals surface area contributed by atoms with E-state index < -0.39 is 5.97 Å². The largest absolute Gasteiger partial charge is 0.478 e. The van der Waals surface area contributed by atoms with Gasteiger partial charge < -0.3 is 10.0 Å². The minimum absolute atomic E-state index is 0.242. The van der Waals surface area contributed by atoms with Crippen LogP contribution in [0.3, 0.4) is 0 Å². The lowest BCUT2D eigenvalue weighted by molar-refractivity contribution is -0.132. The molecule has 0 radical (unpaired) electrons. The zero-order chi connectivity index (χ0) is 13.0. The van der Waals surface area contributed by atoms with Crippen molar-refractivity contribution >= 4 is 17.7 Å². The van der Waals surface area contributed by atoms with Crippen molar-refractivity contribution in [1.82, 2.24) is 0 Å². The molecule has 1 aromatic carbocycles. The third-order valence-electron chi connectivity index (χ3n) is 2.34. The summed E-state index contributed by atoms with van der Waals surface area (Å²) < 4.78 is 0. The zero-order valence-electron chi connectivity index (χ0n) is 10.1. The van der Waals surface area contributed by atoms with Gasteiger partial charge in [0.1, 0.15) is 6.07 Å². The molecule has 0 aliphatic rings. The summed E-state index contributed by atoms with van der Waals surface area (Å²) in [5.41, 5.74) is 2.30. The van der Waals surface area contributed by atoms with Gasteiger partial charge in [-0.2, -0.15) is 5.26 Å². The van der Waals surface area contributed by atoms with Crippen LogP contribution in [0.25, 0.3) is 6.08 Å². The summed E-state index contributed by atoms with van der Waals surface area (Å²) in [6.45, 7) is 1.52. The summed E-state index contributed by atoms with van der Waals surface area (Å²) in [4.78, 5) is 12.5. The average Bonchev–Trinajstić information content (AvgIpc) is 2.28. The van der Waals surface area contributed by atoms with Crippen LogP contribution in [0.4, 0.5) is 5.69 Å². The highest BCUT2D eigenvalue weighted by Gasteiger charge is 2.05. The average molecular weight is 230 g/mol. The minimum atomic E-state index is -0.958. The number of hydrogen-bond donors (Lipinski definition) is 1. The first-order chi connectivity index (χ1) is 7.95. The first-order valence-electron chi connectivity index (χ1n) is 5.08. The highest BCUT2D eigenvalue weighted by molar-refractivity contribution is 5.91. The fourth-order valence-corrected chi connectivity index (χ4v) is 1.43. The molecule has 0 fully saturated rings.